The average Bonchev–Trinajstić information content (AvgIpc) is 2.91. The summed E-state index contributed by atoms with van der Waals surface area (Å²) in [6.45, 7) is 5.25. The molecule has 0 fully saturated rings. The molecule has 0 saturated heterocycles. The van der Waals surface area contributed by atoms with Crippen LogP contribution < -0.4 is 19.9 Å². The normalized spacial score (nSPS) is 12.1. The largest absolute Gasteiger partial charge is 0.513 e. The molecular weight excluding hydrogens is 506 g/mol. The van der Waals surface area contributed by atoms with Crippen LogP contribution in [0.3, 0.4) is 0 Å². The summed E-state index contributed by atoms with van der Waals surface area (Å²) in [5, 5.41) is 0. The second-order valence-electron chi connectivity index (χ2n) is 8.97. The monoisotopic (exact) mass is 543 g/mol. The highest BCUT2D eigenvalue weighted by molar-refractivity contribution is 5.77. The van der Waals surface area contributed by atoms with E-state index in [9.17, 15) is 19.2 Å². The summed E-state index contributed by atoms with van der Waals surface area (Å²) in [6.07, 6.45) is 1.82. The third-order valence-electron chi connectivity index (χ3n) is 5.38. The SMILES string of the molecule is CCCCC(=O)Oc1ccc(C[C@H](N)C(=O)O[C@@H](C)COC(=O)Oc2ccccc2)cc1OC(=O)CCCC. The van der Waals surface area contributed by atoms with E-state index in [-0.39, 0.29) is 37.4 Å². The third-order valence-corrected chi connectivity index (χ3v) is 5.38. The van der Waals surface area contributed by atoms with Crippen LogP contribution in [0.25, 0.3) is 0 Å². The lowest BCUT2D eigenvalue weighted by atomic mass is 10.1. The Labute approximate surface area is 228 Å². The molecule has 10 heteroatoms. The van der Waals surface area contributed by atoms with Gasteiger partial charge in [0.05, 0.1) is 0 Å². The number of benzene rings is 2. The molecule has 0 unspecified atom stereocenters. The van der Waals surface area contributed by atoms with Crippen LogP contribution in [0.2, 0.25) is 0 Å². The smallest absolute Gasteiger partial charge is 0.458 e. The van der Waals surface area contributed by atoms with Crippen molar-refractivity contribution in [3.05, 3.63) is 54.1 Å². The molecule has 212 valence electrons. The molecule has 0 aliphatic carbocycles. The van der Waals surface area contributed by atoms with E-state index in [4.69, 9.17) is 29.4 Å². The fourth-order valence-electron chi connectivity index (χ4n) is 3.29. The molecule has 2 N–H and O–H groups in total. The number of para-hydroxylation sites is 1. The topological polar surface area (TPSA) is 140 Å². The number of esters is 3. The van der Waals surface area contributed by atoms with E-state index in [1.54, 1.807) is 43.3 Å². The van der Waals surface area contributed by atoms with Crippen LogP contribution in [0.1, 0.15) is 64.9 Å². The number of hydrogen-bond donors (Lipinski definition) is 1. The zero-order valence-corrected chi connectivity index (χ0v) is 22.7. The van der Waals surface area contributed by atoms with Gasteiger partial charge in [0.25, 0.3) is 0 Å². The second-order valence-corrected chi connectivity index (χ2v) is 8.97. The van der Waals surface area contributed by atoms with Crippen molar-refractivity contribution >= 4 is 24.1 Å². The molecule has 0 aromatic heterocycles. The highest BCUT2D eigenvalue weighted by atomic mass is 16.7. The molecule has 39 heavy (non-hydrogen) atoms. The number of unbranched alkanes of at least 4 members (excludes halogenated alkanes) is 2. The van der Waals surface area contributed by atoms with E-state index in [2.05, 4.69) is 0 Å². The van der Waals surface area contributed by atoms with Crippen molar-refractivity contribution < 1.29 is 42.9 Å². The second kappa shape index (κ2) is 16.8. The third kappa shape index (κ3) is 12.0. The average molecular weight is 544 g/mol. The zero-order chi connectivity index (χ0) is 28.6. The zero-order valence-electron chi connectivity index (χ0n) is 22.7. The van der Waals surface area contributed by atoms with Gasteiger partial charge in [-0.1, -0.05) is 51.0 Å². The van der Waals surface area contributed by atoms with Crippen LogP contribution in [-0.2, 0) is 30.3 Å². The molecule has 0 radical (unpaired) electrons. The molecule has 2 atom stereocenters. The lowest BCUT2D eigenvalue weighted by molar-refractivity contribution is -0.151. The Kier molecular flexibility index (Phi) is 13.5. The minimum absolute atomic E-state index is 0.0615. The van der Waals surface area contributed by atoms with Gasteiger partial charge < -0.3 is 29.4 Å². The first kappa shape index (κ1) is 31.3. The molecule has 0 aliphatic heterocycles. The molecule has 2 aromatic rings. The Morgan fingerprint density at radius 2 is 1.44 bits per heavy atom. The summed E-state index contributed by atoms with van der Waals surface area (Å²) < 4.78 is 26.2. The molecule has 0 spiro atoms. The van der Waals surface area contributed by atoms with Crippen molar-refractivity contribution in [2.24, 2.45) is 5.73 Å². The lowest BCUT2D eigenvalue weighted by Gasteiger charge is -2.17. The standard InChI is InChI=1S/C29H37NO9/c1-4-6-13-26(31)38-24-16-15-21(18-25(24)39-27(32)14-7-5-2)17-23(30)28(33)36-20(3)19-35-29(34)37-22-11-9-8-10-12-22/h8-12,15-16,18,20,23H,4-7,13-14,17,19,30H2,1-3H3/t20-,23-/m0/s1. The predicted molar refractivity (Wildman–Crippen MR) is 142 cm³/mol. The van der Waals surface area contributed by atoms with Gasteiger partial charge >= 0.3 is 24.1 Å². The summed E-state index contributed by atoms with van der Waals surface area (Å²) in [7, 11) is 0. The van der Waals surface area contributed by atoms with Crippen LogP contribution in [-0.4, -0.2) is 42.8 Å². The molecule has 0 heterocycles. The van der Waals surface area contributed by atoms with Crippen molar-refractivity contribution in [3.8, 4) is 17.2 Å². The molecule has 0 amide bonds. The molecule has 2 rings (SSSR count). The molecule has 0 aliphatic rings. The maximum atomic E-state index is 12.5. The van der Waals surface area contributed by atoms with E-state index in [1.165, 1.54) is 12.1 Å². The van der Waals surface area contributed by atoms with Crippen LogP contribution in [0.4, 0.5) is 4.79 Å². The van der Waals surface area contributed by atoms with Crippen LogP contribution >= 0.6 is 0 Å². The minimum Gasteiger partial charge on any atom is -0.458 e. The van der Waals surface area contributed by atoms with Gasteiger partial charge in [0, 0.05) is 12.8 Å². The number of carbonyl (C=O) groups is 4. The highest BCUT2D eigenvalue weighted by Crippen LogP contribution is 2.30. The van der Waals surface area contributed by atoms with E-state index >= 15 is 0 Å². The van der Waals surface area contributed by atoms with Crippen LogP contribution in [0.15, 0.2) is 48.5 Å². The van der Waals surface area contributed by atoms with Gasteiger partial charge in [0.1, 0.15) is 24.5 Å². The molecular formula is C29H37NO9. The van der Waals surface area contributed by atoms with Gasteiger partial charge in [0.15, 0.2) is 11.5 Å². The van der Waals surface area contributed by atoms with E-state index in [0.29, 0.717) is 24.2 Å². The summed E-state index contributed by atoms with van der Waals surface area (Å²) in [6, 6.07) is 12.0. The van der Waals surface area contributed by atoms with Gasteiger partial charge in [-0.25, -0.2) is 4.79 Å². The Bertz CT molecular complexity index is 1090. The van der Waals surface area contributed by atoms with Crippen molar-refractivity contribution in [3.63, 3.8) is 0 Å². The maximum Gasteiger partial charge on any atom is 0.513 e. The first-order valence-corrected chi connectivity index (χ1v) is 13.1. The van der Waals surface area contributed by atoms with E-state index in [1.807, 2.05) is 13.8 Å². The quantitative estimate of drug-likeness (QED) is 0.187. The van der Waals surface area contributed by atoms with Crippen LogP contribution in [0, 0.1) is 0 Å². The van der Waals surface area contributed by atoms with Gasteiger partial charge in [-0.05, 0) is 56.0 Å². The van der Waals surface area contributed by atoms with Gasteiger partial charge in [-0.15, -0.1) is 0 Å². The number of ether oxygens (including phenoxy) is 5. The molecule has 2 aromatic carbocycles. The van der Waals surface area contributed by atoms with Crippen LogP contribution in [0.5, 0.6) is 17.2 Å². The van der Waals surface area contributed by atoms with Gasteiger partial charge in [-0.2, -0.15) is 0 Å². The first-order valence-electron chi connectivity index (χ1n) is 13.1. The molecule has 10 nitrogen and oxygen atoms in total. The van der Waals surface area contributed by atoms with E-state index < -0.39 is 36.2 Å². The van der Waals surface area contributed by atoms with Gasteiger partial charge in [0.2, 0.25) is 0 Å². The summed E-state index contributed by atoms with van der Waals surface area (Å²) in [5.41, 5.74) is 6.62. The highest BCUT2D eigenvalue weighted by Gasteiger charge is 2.22. The Hall–Kier alpha value is -3.92. The van der Waals surface area contributed by atoms with E-state index in [0.717, 1.165) is 12.8 Å². The number of rotatable bonds is 15. The molecule has 0 saturated carbocycles. The van der Waals surface area contributed by atoms with Crippen molar-refractivity contribution in [1.82, 2.24) is 0 Å². The van der Waals surface area contributed by atoms with Crippen molar-refractivity contribution in [2.75, 3.05) is 6.61 Å². The fourth-order valence-corrected chi connectivity index (χ4v) is 3.29. The summed E-state index contributed by atoms with van der Waals surface area (Å²) >= 11 is 0. The molecule has 0 bridgehead atoms. The van der Waals surface area contributed by atoms with Crippen molar-refractivity contribution in [2.45, 2.75) is 77.9 Å². The number of hydrogen-bond acceptors (Lipinski definition) is 10. The maximum absolute atomic E-state index is 12.5. The minimum atomic E-state index is -1.05. The summed E-state index contributed by atoms with van der Waals surface area (Å²) in [5.74, 6) is -1.07. The Balaban J connectivity index is 1.95. The number of nitrogens with two attached hydrogens (primary N) is 1. The summed E-state index contributed by atoms with van der Waals surface area (Å²) in [4.78, 5) is 48.7. The predicted octanol–water partition coefficient (Wildman–Crippen LogP) is 4.89. The Morgan fingerprint density at radius 3 is 2.05 bits per heavy atom. The number of carbonyl (C=O) groups excluding carboxylic acids is 4. The van der Waals surface area contributed by atoms with Crippen molar-refractivity contribution in [1.29, 1.82) is 0 Å². The lowest BCUT2D eigenvalue weighted by Crippen LogP contribution is -2.37. The fraction of sp³-hybridized carbons (Fsp3) is 0.448. The Morgan fingerprint density at radius 1 is 0.821 bits per heavy atom. The first-order chi connectivity index (χ1) is 18.7. The van der Waals surface area contributed by atoms with Gasteiger partial charge in [-0.3, -0.25) is 14.4 Å².